The lowest BCUT2D eigenvalue weighted by Gasteiger charge is -2.23. The van der Waals surface area contributed by atoms with Crippen LogP contribution in [0.1, 0.15) is 11.7 Å². The first-order valence-corrected chi connectivity index (χ1v) is 5.86. The van der Waals surface area contributed by atoms with E-state index in [1.165, 1.54) is 0 Å². The molecule has 1 aromatic rings. The van der Waals surface area contributed by atoms with E-state index in [2.05, 4.69) is 9.80 Å². The van der Waals surface area contributed by atoms with Crippen LogP contribution in [0.3, 0.4) is 0 Å². The van der Waals surface area contributed by atoms with Gasteiger partial charge >= 0.3 is 0 Å². The monoisotopic (exact) mass is 237 g/mol. The quantitative estimate of drug-likeness (QED) is 0.719. The predicted octanol–water partition coefficient (Wildman–Crippen LogP) is 0.796. The third-order valence-electron chi connectivity index (χ3n) is 2.77. The van der Waals surface area contributed by atoms with Gasteiger partial charge in [-0.05, 0) is 27.2 Å². The topological polar surface area (TPSA) is 52.7 Å². The molecule has 0 heterocycles. The minimum absolute atomic E-state index is 0.525. The Kier molecular flexibility index (Phi) is 5.41. The number of hydrogen-bond acceptors (Lipinski definition) is 4. The Hall–Kier alpha value is -1.10. The van der Waals surface area contributed by atoms with Crippen molar-refractivity contribution in [2.45, 2.75) is 6.10 Å². The summed E-state index contributed by atoms with van der Waals surface area (Å²) in [5.41, 5.74) is 7.30. The van der Waals surface area contributed by atoms with Crippen LogP contribution in [0, 0.1) is 0 Å². The van der Waals surface area contributed by atoms with Crippen LogP contribution in [-0.2, 0) is 0 Å². The maximum Gasteiger partial charge on any atom is 0.0936 e. The van der Waals surface area contributed by atoms with Gasteiger partial charge in [-0.3, -0.25) is 0 Å². The molecular formula is C13H23N3O. The molecule has 0 saturated heterocycles. The Bertz CT molecular complexity index is 341. The second-order valence-electron chi connectivity index (χ2n) is 4.71. The molecule has 0 saturated carbocycles. The van der Waals surface area contributed by atoms with Gasteiger partial charge in [0.1, 0.15) is 0 Å². The molecule has 0 aliphatic rings. The van der Waals surface area contributed by atoms with Crippen LogP contribution < -0.4 is 5.73 Å². The van der Waals surface area contributed by atoms with Gasteiger partial charge in [0.05, 0.1) is 6.10 Å². The van der Waals surface area contributed by atoms with Gasteiger partial charge in [-0.15, -0.1) is 0 Å². The standard InChI is InChI=1S/C13H23N3O/c1-15(2)8-9-16(3)10-13(17)11-6-4-5-7-12(11)14/h4-7,13,17H,8-10,14H2,1-3H3. The second kappa shape index (κ2) is 6.59. The fraction of sp³-hybridized carbons (Fsp3) is 0.538. The van der Waals surface area contributed by atoms with Gasteiger partial charge in [-0.1, -0.05) is 18.2 Å². The molecule has 0 radical (unpaired) electrons. The summed E-state index contributed by atoms with van der Waals surface area (Å²) < 4.78 is 0. The van der Waals surface area contributed by atoms with E-state index < -0.39 is 6.10 Å². The molecule has 0 fully saturated rings. The molecule has 0 aliphatic heterocycles. The van der Waals surface area contributed by atoms with Gasteiger partial charge in [0.2, 0.25) is 0 Å². The van der Waals surface area contributed by atoms with Gasteiger partial charge in [-0.2, -0.15) is 0 Å². The number of hydrogen-bond donors (Lipinski definition) is 2. The van der Waals surface area contributed by atoms with E-state index in [1.54, 1.807) is 0 Å². The Morgan fingerprint density at radius 3 is 2.41 bits per heavy atom. The third kappa shape index (κ3) is 4.73. The van der Waals surface area contributed by atoms with Gasteiger partial charge in [-0.25, -0.2) is 0 Å². The van der Waals surface area contributed by atoms with Crippen molar-refractivity contribution < 1.29 is 5.11 Å². The number of nitrogens with two attached hydrogens (primary N) is 1. The molecule has 4 nitrogen and oxygen atoms in total. The average molecular weight is 237 g/mol. The van der Waals surface area contributed by atoms with Crippen molar-refractivity contribution in [1.29, 1.82) is 0 Å². The highest BCUT2D eigenvalue weighted by Crippen LogP contribution is 2.20. The SMILES string of the molecule is CN(C)CCN(C)CC(O)c1ccccc1N. The Labute approximate surface area is 104 Å². The lowest BCUT2D eigenvalue weighted by molar-refractivity contribution is 0.123. The largest absolute Gasteiger partial charge is 0.398 e. The number of nitrogen functional groups attached to an aromatic ring is 1. The van der Waals surface area contributed by atoms with Crippen molar-refractivity contribution in [2.24, 2.45) is 0 Å². The van der Waals surface area contributed by atoms with Crippen molar-refractivity contribution in [3.8, 4) is 0 Å². The van der Waals surface area contributed by atoms with E-state index in [-0.39, 0.29) is 0 Å². The summed E-state index contributed by atoms with van der Waals surface area (Å²) in [5, 5.41) is 10.1. The Balaban J connectivity index is 2.49. The van der Waals surface area contributed by atoms with Crippen LogP contribution in [0.4, 0.5) is 5.69 Å². The van der Waals surface area contributed by atoms with E-state index in [4.69, 9.17) is 5.73 Å². The Morgan fingerprint density at radius 2 is 1.82 bits per heavy atom. The summed E-state index contributed by atoms with van der Waals surface area (Å²) in [7, 11) is 6.09. The summed E-state index contributed by atoms with van der Waals surface area (Å²) in [5.74, 6) is 0. The number of para-hydroxylation sites is 1. The fourth-order valence-corrected chi connectivity index (χ4v) is 1.67. The van der Waals surface area contributed by atoms with Crippen LogP contribution in [0.2, 0.25) is 0 Å². The zero-order chi connectivity index (χ0) is 12.8. The molecular weight excluding hydrogens is 214 g/mol. The minimum Gasteiger partial charge on any atom is -0.398 e. The van der Waals surface area contributed by atoms with Crippen LogP contribution >= 0.6 is 0 Å². The lowest BCUT2D eigenvalue weighted by Crippen LogP contribution is -2.31. The number of rotatable bonds is 6. The number of likely N-dealkylation sites (N-methyl/N-ethyl adjacent to an activating group) is 2. The molecule has 1 rings (SSSR count). The zero-order valence-electron chi connectivity index (χ0n) is 10.9. The molecule has 4 heteroatoms. The molecule has 0 aromatic heterocycles. The second-order valence-corrected chi connectivity index (χ2v) is 4.71. The lowest BCUT2D eigenvalue weighted by atomic mass is 10.1. The first-order valence-electron chi connectivity index (χ1n) is 5.86. The highest BCUT2D eigenvalue weighted by Gasteiger charge is 2.12. The van der Waals surface area contributed by atoms with Gasteiger partial charge in [0, 0.05) is 30.9 Å². The molecule has 1 aromatic carbocycles. The summed E-state index contributed by atoms with van der Waals surface area (Å²) in [6.07, 6.45) is -0.525. The number of nitrogens with zero attached hydrogens (tertiary/aromatic N) is 2. The number of aliphatic hydroxyl groups excluding tert-OH is 1. The van der Waals surface area contributed by atoms with Crippen LogP contribution in [0.25, 0.3) is 0 Å². The van der Waals surface area contributed by atoms with Gasteiger partial charge in [0.15, 0.2) is 0 Å². The van der Waals surface area contributed by atoms with Gasteiger partial charge < -0.3 is 20.6 Å². The summed E-state index contributed by atoms with van der Waals surface area (Å²) in [4.78, 5) is 4.23. The highest BCUT2D eigenvalue weighted by molar-refractivity contribution is 5.47. The maximum atomic E-state index is 10.1. The molecule has 1 atom stereocenters. The molecule has 1 unspecified atom stereocenters. The summed E-state index contributed by atoms with van der Waals surface area (Å²) >= 11 is 0. The molecule has 3 N–H and O–H groups in total. The predicted molar refractivity (Wildman–Crippen MR) is 71.9 cm³/mol. The maximum absolute atomic E-state index is 10.1. The normalized spacial score (nSPS) is 13.3. The first kappa shape index (κ1) is 14.0. The van der Waals surface area contributed by atoms with Crippen molar-refractivity contribution in [2.75, 3.05) is 46.5 Å². The van der Waals surface area contributed by atoms with Crippen molar-refractivity contribution in [3.63, 3.8) is 0 Å². The first-order chi connectivity index (χ1) is 8.00. The van der Waals surface area contributed by atoms with Crippen LogP contribution in [0.5, 0.6) is 0 Å². The zero-order valence-corrected chi connectivity index (χ0v) is 10.9. The molecule has 0 amide bonds. The van der Waals surface area contributed by atoms with Crippen molar-refractivity contribution in [1.82, 2.24) is 9.80 Å². The van der Waals surface area contributed by atoms with Crippen molar-refractivity contribution >= 4 is 5.69 Å². The van der Waals surface area contributed by atoms with Crippen molar-refractivity contribution in [3.05, 3.63) is 29.8 Å². The molecule has 0 spiro atoms. The van der Waals surface area contributed by atoms with E-state index in [1.807, 2.05) is 45.4 Å². The van der Waals surface area contributed by atoms with E-state index >= 15 is 0 Å². The molecule has 96 valence electrons. The van der Waals surface area contributed by atoms with E-state index in [9.17, 15) is 5.11 Å². The average Bonchev–Trinajstić information content (AvgIpc) is 2.26. The molecule has 0 aliphatic carbocycles. The number of anilines is 1. The van der Waals surface area contributed by atoms with Crippen LogP contribution in [-0.4, -0.2) is 55.7 Å². The minimum atomic E-state index is -0.525. The summed E-state index contributed by atoms with van der Waals surface area (Å²) in [6, 6.07) is 7.47. The summed E-state index contributed by atoms with van der Waals surface area (Å²) in [6.45, 7) is 2.51. The Morgan fingerprint density at radius 1 is 1.18 bits per heavy atom. The number of aliphatic hydroxyl groups is 1. The van der Waals surface area contributed by atoms with E-state index in [0.717, 1.165) is 18.7 Å². The molecule has 0 bridgehead atoms. The highest BCUT2D eigenvalue weighted by atomic mass is 16.3. The number of benzene rings is 1. The molecule has 17 heavy (non-hydrogen) atoms. The van der Waals surface area contributed by atoms with Gasteiger partial charge in [0.25, 0.3) is 0 Å². The fourth-order valence-electron chi connectivity index (χ4n) is 1.67. The van der Waals surface area contributed by atoms with E-state index in [0.29, 0.717) is 12.2 Å². The third-order valence-corrected chi connectivity index (χ3v) is 2.77. The smallest absolute Gasteiger partial charge is 0.0936 e. The van der Waals surface area contributed by atoms with Crippen LogP contribution in [0.15, 0.2) is 24.3 Å².